The SMILES string of the molecule is CCN(CC)S(=O)(=O)c1ccc(C(C)NC(=O)c2cc(C3CC3)nc3c2cnn3C(C)C)cc1. The van der Waals surface area contributed by atoms with E-state index in [9.17, 15) is 13.2 Å². The molecule has 1 aliphatic rings. The van der Waals surface area contributed by atoms with Gasteiger partial charge in [0.05, 0.1) is 28.1 Å². The van der Waals surface area contributed by atoms with Gasteiger partial charge in [-0.05, 0) is 57.4 Å². The molecule has 1 saturated carbocycles. The van der Waals surface area contributed by atoms with Crippen LogP contribution >= 0.6 is 0 Å². The number of amides is 1. The van der Waals surface area contributed by atoms with Crippen LogP contribution in [0.15, 0.2) is 41.4 Å². The zero-order chi connectivity index (χ0) is 24.6. The fourth-order valence-electron chi connectivity index (χ4n) is 4.19. The van der Waals surface area contributed by atoms with Crippen molar-refractivity contribution < 1.29 is 13.2 Å². The Morgan fingerprint density at radius 1 is 1.15 bits per heavy atom. The van der Waals surface area contributed by atoms with Crippen LogP contribution in [0.1, 0.15) is 87.1 Å². The fourth-order valence-corrected chi connectivity index (χ4v) is 5.65. The van der Waals surface area contributed by atoms with Gasteiger partial charge in [-0.15, -0.1) is 0 Å². The second-order valence-electron chi connectivity index (χ2n) is 9.14. The molecule has 34 heavy (non-hydrogen) atoms. The highest BCUT2D eigenvalue weighted by atomic mass is 32.2. The van der Waals surface area contributed by atoms with Gasteiger partial charge >= 0.3 is 0 Å². The lowest BCUT2D eigenvalue weighted by Gasteiger charge is -2.19. The lowest BCUT2D eigenvalue weighted by molar-refractivity contribution is 0.0941. The lowest BCUT2D eigenvalue weighted by Crippen LogP contribution is -2.30. The number of carbonyl (C=O) groups excluding carboxylic acids is 1. The molecule has 1 fully saturated rings. The van der Waals surface area contributed by atoms with Crippen molar-refractivity contribution in [3.8, 4) is 0 Å². The van der Waals surface area contributed by atoms with Crippen molar-refractivity contribution in [1.29, 1.82) is 0 Å². The summed E-state index contributed by atoms with van der Waals surface area (Å²) in [7, 11) is -3.52. The van der Waals surface area contributed by atoms with Crippen LogP contribution in [0, 0.1) is 0 Å². The quantitative estimate of drug-likeness (QED) is 0.486. The number of benzene rings is 1. The molecule has 4 rings (SSSR count). The third-order valence-electron chi connectivity index (χ3n) is 6.39. The first-order chi connectivity index (χ1) is 16.2. The van der Waals surface area contributed by atoms with Gasteiger partial charge < -0.3 is 5.32 Å². The predicted molar refractivity (Wildman–Crippen MR) is 132 cm³/mol. The van der Waals surface area contributed by atoms with Crippen molar-refractivity contribution >= 4 is 27.0 Å². The predicted octanol–water partition coefficient (Wildman–Crippen LogP) is 4.41. The third-order valence-corrected chi connectivity index (χ3v) is 8.45. The van der Waals surface area contributed by atoms with Gasteiger partial charge in [-0.2, -0.15) is 9.40 Å². The number of fused-ring (bicyclic) bond motifs is 1. The Bertz CT molecular complexity index is 1290. The summed E-state index contributed by atoms with van der Waals surface area (Å²) in [5.41, 5.74) is 3.09. The summed E-state index contributed by atoms with van der Waals surface area (Å²) in [6, 6.07) is 8.47. The Morgan fingerprint density at radius 2 is 1.79 bits per heavy atom. The molecular formula is C25H33N5O3S. The molecule has 2 heterocycles. The van der Waals surface area contributed by atoms with E-state index in [4.69, 9.17) is 4.98 Å². The van der Waals surface area contributed by atoms with Gasteiger partial charge in [-0.25, -0.2) is 18.1 Å². The van der Waals surface area contributed by atoms with Gasteiger partial charge in [0.25, 0.3) is 5.91 Å². The zero-order valence-corrected chi connectivity index (χ0v) is 21.3. The summed E-state index contributed by atoms with van der Waals surface area (Å²) in [5.74, 6) is 0.217. The average molecular weight is 484 g/mol. The topological polar surface area (TPSA) is 97.2 Å². The first-order valence-electron chi connectivity index (χ1n) is 12.0. The molecule has 182 valence electrons. The Labute approximate surface area is 201 Å². The number of rotatable bonds is 9. The minimum absolute atomic E-state index is 0.139. The van der Waals surface area contributed by atoms with Crippen molar-refractivity contribution in [3.63, 3.8) is 0 Å². The minimum Gasteiger partial charge on any atom is -0.345 e. The van der Waals surface area contributed by atoms with Crippen LogP contribution in [0.2, 0.25) is 0 Å². The maximum Gasteiger partial charge on any atom is 0.252 e. The number of sulfonamides is 1. The van der Waals surface area contributed by atoms with Gasteiger partial charge in [-0.3, -0.25) is 4.79 Å². The highest BCUT2D eigenvalue weighted by Crippen LogP contribution is 2.40. The molecule has 0 aliphatic heterocycles. The van der Waals surface area contributed by atoms with Crippen molar-refractivity contribution in [1.82, 2.24) is 24.4 Å². The molecule has 0 saturated heterocycles. The van der Waals surface area contributed by atoms with Crippen LogP contribution in [0.5, 0.6) is 0 Å². The van der Waals surface area contributed by atoms with Gasteiger partial charge in [-0.1, -0.05) is 26.0 Å². The Kier molecular flexibility index (Phi) is 6.78. The Hall–Kier alpha value is -2.78. The maximum absolute atomic E-state index is 13.3. The molecule has 8 nitrogen and oxygen atoms in total. The van der Waals surface area contributed by atoms with E-state index in [1.807, 2.05) is 45.4 Å². The van der Waals surface area contributed by atoms with E-state index in [-0.39, 0.29) is 22.9 Å². The second kappa shape index (κ2) is 9.46. The molecule has 1 amide bonds. The number of aromatic nitrogens is 3. The number of hydrogen-bond acceptors (Lipinski definition) is 5. The first-order valence-corrected chi connectivity index (χ1v) is 13.4. The normalized spacial score (nSPS) is 15.3. The molecule has 0 radical (unpaired) electrons. The van der Waals surface area contributed by atoms with Crippen LogP contribution in [0.3, 0.4) is 0 Å². The fraction of sp³-hybridized carbons (Fsp3) is 0.480. The molecular weight excluding hydrogens is 450 g/mol. The molecule has 1 aromatic carbocycles. The lowest BCUT2D eigenvalue weighted by atomic mass is 10.1. The summed E-state index contributed by atoms with van der Waals surface area (Å²) < 4.78 is 28.8. The number of nitrogens with one attached hydrogen (secondary N) is 1. The molecule has 9 heteroatoms. The van der Waals surface area contributed by atoms with Gasteiger partial charge in [0.1, 0.15) is 0 Å². The maximum atomic E-state index is 13.3. The number of pyridine rings is 1. The molecule has 1 atom stereocenters. The highest BCUT2D eigenvalue weighted by molar-refractivity contribution is 7.89. The van der Waals surface area contributed by atoms with Gasteiger partial charge in [0, 0.05) is 30.7 Å². The van der Waals surface area contributed by atoms with E-state index in [2.05, 4.69) is 10.4 Å². The summed E-state index contributed by atoms with van der Waals surface area (Å²) in [6.07, 6.45) is 3.90. The number of carbonyl (C=O) groups is 1. The molecule has 3 aromatic rings. The average Bonchev–Trinajstić information content (AvgIpc) is 3.57. The van der Waals surface area contributed by atoms with Crippen LogP contribution in [-0.2, 0) is 10.0 Å². The Morgan fingerprint density at radius 3 is 2.35 bits per heavy atom. The molecule has 0 spiro atoms. The van der Waals surface area contributed by atoms with Gasteiger partial charge in [0.2, 0.25) is 10.0 Å². The summed E-state index contributed by atoms with van der Waals surface area (Å²) in [4.78, 5) is 18.4. The third kappa shape index (κ3) is 4.59. The summed E-state index contributed by atoms with van der Waals surface area (Å²) in [5, 5.41) is 8.28. The number of nitrogens with zero attached hydrogens (tertiary/aromatic N) is 4. The van der Waals surface area contributed by atoms with E-state index in [1.165, 1.54) is 4.31 Å². The second-order valence-corrected chi connectivity index (χ2v) is 11.1. The minimum atomic E-state index is -3.52. The highest BCUT2D eigenvalue weighted by Gasteiger charge is 2.28. The zero-order valence-electron chi connectivity index (χ0n) is 20.4. The van der Waals surface area contributed by atoms with Crippen molar-refractivity contribution in [2.75, 3.05) is 13.1 Å². The van der Waals surface area contributed by atoms with Crippen LogP contribution in [-0.4, -0.2) is 46.5 Å². The van der Waals surface area contributed by atoms with Crippen LogP contribution in [0.25, 0.3) is 11.0 Å². The summed E-state index contributed by atoms with van der Waals surface area (Å²) >= 11 is 0. The van der Waals surface area contributed by atoms with Crippen molar-refractivity contribution in [2.45, 2.75) is 70.4 Å². The smallest absolute Gasteiger partial charge is 0.252 e. The van der Waals surface area contributed by atoms with Crippen LogP contribution < -0.4 is 5.32 Å². The summed E-state index contributed by atoms with van der Waals surface area (Å²) in [6.45, 7) is 10.5. The Balaban J connectivity index is 1.58. The largest absolute Gasteiger partial charge is 0.345 e. The standard InChI is InChI=1S/C25H33N5O3S/c1-6-29(7-2)34(32,33)20-12-10-18(11-13-20)17(5)27-25(31)21-14-23(19-8-9-19)28-24-22(21)15-26-30(24)16(3)4/h10-17,19H,6-9H2,1-5H3,(H,27,31). The molecule has 1 aliphatic carbocycles. The first kappa shape index (κ1) is 24.3. The number of hydrogen-bond donors (Lipinski definition) is 1. The van der Waals surface area contributed by atoms with Crippen LogP contribution in [0.4, 0.5) is 0 Å². The van der Waals surface area contributed by atoms with E-state index < -0.39 is 10.0 Å². The van der Waals surface area contributed by atoms with Crippen molar-refractivity contribution in [3.05, 3.63) is 53.3 Å². The van der Waals surface area contributed by atoms with E-state index in [0.29, 0.717) is 24.6 Å². The van der Waals surface area contributed by atoms with Gasteiger partial charge in [0.15, 0.2) is 5.65 Å². The molecule has 0 bridgehead atoms. The van der Waals surface area contributed by atoms with E-state index >= 15 is 0 Å². The molecule has 1 unspecified atom stereocenters. The molecule has 1 N–H and O–H groups in total. The van der Waals surface area contributed by atoms with Crippen molar-refractivity contribution in [2.24, 2.45) is 0 Å². The molecule has 2 aromatic heterocycles. The monoisotopic (exact) mass is 483 g/mol. The van der Waals surface area contributed by atoms with E-state index in [1.54, 1.807) is 30.5 Å². The van der Waals surface area contributed by atoms with E-state index in [0.717, 1.165) is 35.1 Å².